The lowest BCUT2D eigenvalue weighted by atomic mass is 10.1. The van der Waals surface area contributed by atoms with E-state index in [2.05, 4.69) is 0 Å². The van der Waals surface area contributed by atoms with Crippen LogP contribution in [-0.4, -0.2) is 18.2 Å². The summed E-state index contributed by atoms with van der Waals surface area (Å²) in [6.07, 6.45) is 0. The van der Waals surface area contributed by atoms with Gasteiger partial charge in [0.15, 0.2) is 0 Å². The van der Waals surface area contributed by atoms with Crippen LogP contribution in [0.2, 0.25) is 5.02 Å². The first kappa shape index (κ1) is 15.7. The van der Waals surface area contributed by atoms with Crippen molar-refractivity contribution in [3.8, 4) is 5.75 Å². The minimum absolute atomic E-state index is 0.184. The molecule has 0 heterocycles. The molecule has 0 saturated heterocycles. The second-order valence-electron chi connectivity index (χ2n) is 4.46. The summed E-state index contributed by atoms with van der Waals surface area (Å²) in [6.45, 7) is 0. The number of carboxylic acid groups (broad SMARTS) is 1. The SMILES string of the molecule is COc1cc(CSCc2ccc(Cl)cc2)ccc1C(=O)O. The number of aromatic carboxylic acids is 1. The Morgan fingerprint density at radius 1 is 1.14 bits per heavy atom. The lowest BCUT2D eigenvalue weighted by Gasteiger charge is -2.08. The van der Waals surface area contributed by atoms with Gasteiger partial charge in [0.05, 0.1) is 7.11 Å². The predicted octanol–water partition coefficient (Wildman–Crippen LogP) is 4.48. The van der Waals surface area contributed by atoms with Crippen molar-refractivity contribution in [2.24, 2.45) is 0 Å². The molecule has 3 nitrogen and oxygen atoms in total. The summed E-state index contributed by atoms with van der Waals surface area (Å²) in [7, 11) is 1.48. The molecule has 2 rings (SSSR count). The molecule has 0 atom stereocenters. The molecular weight excluding hydrogens is 308 g/mol. The van der Waals surface area contributed by atoms with Gasteiger partial charge in [0.25, 0.3) is 0 Å². The molecule has 110 valence electrons. The van der Waals surface area contributed by atoms with Gasteiger partial charge in [0.1, 0.15) is 11.3 Å². The molecule has 0 aromatic heterocycles. The van der Waals surface area contributed by atoms with E-state index in [1.807, 2.05) is 30.3 Å². The fourth-order valence-electron chi connectivity index (χ4n) is 1.87. The van der Waals surface area contributed by atoms with Gasteiger partial charge in [-0.3, -0.25) is 0 Å². The maximum atomic E-state index is 11.0. The predicted molar refractivity (Wildman–Crippen MR) is 86.4 cm³/mol. The molecule has 0 spiro atoms. The highest BCUT2D eigenvalue weighted by Gasteiger charge is 2.11. The van der Waals surface area contributed by atoms with E-state index in [4.69, 9.17) is 21.4 Å². The number of rotatable bonds is 6. The Kier molecular flexibility index (Phi) is 5.53. The van der Waals surface area contributed by atoms with Crippen molar-refractivity contribution in [1.82, 2.24) is 0 Å². The Hall–Kier alpha value is -1.65. The van der Waals surface area contributed by atoms with E-state index in [0.717, 1.165) is 22.1 Å². The number of hydrogen-bond donors (Lipinski definition) is 1. The molecule has 2 aromatic carbocycles. The Morgan fingerprint density at radius 2 is 1.76 bits per heavy atom. The number of ether oxygens (including phenoxy) is 1. The molecule has 0 amide bonds. The van der Waals surface area contributed by atoms with E-state index in [1.165, 1.54) is 12.7 Å². The smallest absolute Gasteiger partial charge is 0.339 e. The third-order valence-electron chi connectivity index (χ3n) is 2.95. The average Bonchev–Trinajstić information content (AvgIpc) is 2.49. The van der Waals surface area contributed by atoms with E-state index in [1.54, 1.807) is 23.9 Å². The first-order chi connectivity index (χ1) is 10.1. The van der Waals surface area contributed by atoms with Crippen LogP contribution in [0.4, 0.5) is 0 Å². The largest absolute Gasteiger partial charge is 0.496 e. The Bertz CT molecular complexity index is 626. The molecule has 0 aliphatic heterocycles. The molecular formula is C16H15ClO3S. The molecule has 0 aliphatic rings. The molecule has 21 heavy (non-hydrogen) atoms. The average molecular weight is 323 g/mol. The maximum absolute atomic E-state index is 11.0. The van der Waals surface area contributed by atoms with Gasteiger partial charge in [-0.2, -0.15) is 11.8 Å². The molecule has 0 radical (unpaired) electrons. The van der Waals surface area contributed by atoms with Crippen LogP contribution >= 0.6 is 23.4 Å². The first-order valence-electron chi connectivity index (χ1n) is 6.32. The van der Waals surface area contributed by atoms with E-state index < -0.39 is 5.97 Å². The number of thioether (sulfide) groups is 1. The highest BCUT2D eigenvalue weighted by atomic mass is 35.5. The highest BCUT2D eigenvalue weighted by molar-refractivity contribution is 7.97. The van der Waals surface area contributed by atoms with Crippen LogP contribution in [0.1, 0.15) is 21.5 Å². The fraction of sp³-hybridized carbons (Fsp3) is 0.188. The van der Waals surface area contributed by atoms with Crippen molar-refractivity contribution in [1.29, 1.82) is 0 Å². The number of benzene rings is 2. The quantitative estimate of drug-likeness (QED) is 0.851. The van der Waals surface area contributed by atoms with Gasteiger partial charge in [-0.1, -0.05) is 29.8 Å². The van der Waals surface area contributed by atoms with Gasteiger partial charge in [-0.05, 0) is 35.4 Å². The van der Waals surface area contributed by atoms with Crippen molar-refractivity contribution in [3.05, 3.63) is 64.2 Å². The van der Waals surface area contributed by atoms with Crippen LogP contribution in [0.5, 0.6) is 5.75 Å². The van der Waals surface area contributed by atoms with Crippen molar-refractivity contribution in [2.45, 2.75) is 11.5 Å². The first-order valence-corrected chi connectivity index (χ1v) is 7.86. The van der Waals surface area contributed by atoms with Gasteiger partial charge in [-0.15, -0.1) is 0 Å². The minimum Gasteiger partial charge on any atom is -0.496 e. The number of carboxylic acids is 1. The van der Waals surface area contributed by atoms with Crippen molar-refractivity contribution in [2.75, 3.05) is 7.11 Å². The van der Waals surface area contributed by atoms with Gasteiger partial charge in [-0.25, -0.2) is 4.79 Å². The zero-order valence-electron chi connectivity index (χ0n) is 11.5. The topological polar surface area (TPSA) is 46.5 Å². The molecule has 0 bridgehead atoms. The monoisotopic (exact) mass is 322 g/mol. The van der Waals surface area contributed by atoms with Gasteiger partial charge in [0, 0.05) is 16.5 Å². The van der Waals surface area contributed by atoms with Gasteiger partial charge < -0.3 is 9.84 Å². The standard InChI is InChI=1S/C16H15ClO3S/c1-20-15-8-12(4-7-14(15)16(18)19)10-21-9-11-2-5-13(17)6-3-11/h2-8H,9-10H2,1H3,(H,18,19). The molecule has 1 N–H and O–H groups in total. The summed E-state index contributed by atoms with van der Waals surface area (Å²) in [4.78, 5) is 11.0. The second kappa shape index (κ2) is 7.38. The molecule has 0 fully saturated rings. The number of hydrogen-bond acceptors (Lipinski definition) is 3. The molecule has 5 heteroatoms. The number of methoxy groups -OCH3 is 1. The highest BCUT2D eigenvalue weighted by Crippen LogP contribution is 2.24. The van der Waals surface area contributed by atoms with Gasteiger partial charge in [0.2, 0.25) is 0 Å². The lowest BCUT2D eigenvalue weighted by molar-refractivity contribution is 0.0693. The van der Waals surface area contributed by atoms with Crippen LogP contribution in [0, 0.1) is 0 Å². The van der Waals surface area contributed by atoms with Crippen LogP contribution in [0.15, 0.2) is 42.5 Å². The zero-order valence-corrected chi connectivity index (χ0v) is 13.1. The van der Waals surface area contributed by atoms with E-state index in [0.29, 0.717) is 5.75 Å². The van der Waals surface area contributed by atoms with Crippen LogP contribution in [0.25, 0.3) is 0 Å². The summed E-state index contributed by atoms with van der Waals surface area (Å²) >= 11 is 7.60. The summed E-state index contributed by atoms with van der Waals surface area (Å²) in [5.74, 6) is 1.08. The Balaban J connectivity index is 1.97. The van der Waals surface area contributed by atoms with Gasteiger partial charge >= 0.3 is 5.97 Å². The van der Waals surface area contributed by atoms with E-state index >= 15 is 0 Å². The van der Waals surface area contributed by atoms with Crippen LogP contribution in [-0.2, 0) is 11.5 Å². The second-order valence-corrected chi connectivity index (χ2v) is 5.88. The summed E-state index contributed by atoms with van der Waals surface area (Å²) in [5, 5.41) is 9.77. The third kappa shape index (κ3) is 4.41. The molecule has 2 aromatic rings. The molecule has 0 aliphatic carbocycles. The Labute approximate surface area is 132 Å². The van der Waals surface area contributed by atoms with Crippen molar-refractivity contribution in [3.63, 3.8) is 0 Å². The van der Waals surface area contributed by atoms with Crippen molar-refractivity contribution < 1.29 is 14.6 Å². The Morgan fingerprint density at radius 3 is 2.38 bits per heavy atom. The molecule has 0 saturated carbocycles. The normalized spacial score (nSPS) is 10.4. The van der Waals surface area contributed by atoms with Crippen molar-refractivity contribution >= 4 is 29.3 Å². The van der Waals surface area contributed by atoms with E-state index in [-0.39, 0.29) is 5.56 Å². The zero-order chi connectivity index (χ0) is 15.2. The van der Waals surface area contributed by atoms with Crippen LogP contribution < -0.4 is 4.74 Å². The number of carbonyl (C=O) groups is 1. The number of halogens is 1. The lowest BCUT2D eigenvalue weighted by Crippen LogP contribution is -2.01. The summed E-state index contributed by atoms with van der Waals surface area (Å²) in [5.41, 5.74) is 2.43. The van der Waals surface area contributed by atoms with E-state index in [9.17, 15) is 4.79 Å². The molecule has 0 unspecified atom stereocenters. The fourth-order valence-corrected chi connectivity index (χ4v) is 2.94. The maximum Gasteiger partial charge on any atom is 0.339 e. The third-order valence-corrected chi connectivity index (χ3v) is 4.27. The van der Waals surface area contributed by atoms with Crippen LogP contribution in [0.3, 0.4) is 0 Å². The summed E-state index contributed by atoms with van der Waals surface area (Å²) < 4.78 is 5.12. The minimum atomic E-state index is -0.979. The summed E-state index contributed by atoms with van der Waals surface area (Å²) in [6, 6.07) is 12.9.